The Morgan fingerprint density at radius 1 is 1.00 bits per heavy atom. The Labute approximate surface area is 169 Å². The van der Waals surface area contributed by atoms with Crippen LogP contribution in [-0.4, -0.2) is 36.6 Å². The number of benzene rings is 2. The molecule has 8 heteroatoms. The molecule has 28 heavy (non-hydrogen) atoms. The number of anilines is 2. The van der Waals surface area contributed by atoms with Gasteiger partial charge in [-0.1, -0.05) is 33.6 Å². The summed E-state index contributed by atoms with van der Waals surface area (Å²) >= 11 is 3.34. The number of aryl methyl sites for hydroxylation is 1. The highest BCUT2D eigenvalue weighted by atomic mass is 79.9. The number of halogens is 1. The van der Waals surface area contributed by atoms with Crippen molar-refractivity contribution in [2.24, 2.45) is 11.0 Å². The Morgan fingerprint density at radius 2 is 1.61 bits per heavy atom. The molecule has 2 amide bonds. The number of esters is 1. The van der Waals surface area contributed by atoms with Crippen LogP contribution in [0.3, 0.4) is 0 Å². The van der Waals surface area contributed by atoms with Crippen LogP contribution in [-0.2, 0) is 19.1 Å². The van der Waals surface area contributed by atoms with E-state index in [0.29, 0.717) is 11.4 Å². The lowest BCUT2D eigenvalue weighted by molar-refractivity contribution is -0.133. The van der Waals surface area contributed by atoms with Crippen molar-refractivity contribution in [2.45, 2.75) is 13.0 Å². The summed E-state index contributed by atoms with van der Waals surface area (Å²) in [6.45, 7) is 1.94. The Bertz CT molecular complexity index is 1000. The first-order valence-electron chi connectivity index (χ1n) is 8.58. The second-order valence-electron chi connectivity index (χ2n) is 6.57. The van der Waals surface area contributed by atoms with Crippen molar-refractivity contribution in [1.82, 2.24) is 0 Å². The quantitative estimate of drug-likeness (QED) is 0.540. The Hall–Kier alpha value is -3.00. The number of rotatable bonds is 3. The molecule has 0 spiro atoms. The average molecular weight is 442 g/mol. The summed E-state index contributed by atoms with van der Waals surface area (Å²) in [7, 11) is 1.22. The van der Waals surface area contributed by atoms with Crippen molar-refractivity contribution in [1.29, 1.82) is 0 Å². The van der Waals surface area contributed by atoms with Crippen molar-refractivity contribution in [3.05, 3.63) is 58.6 Å². The van der Waals surface area contributed by atoms with Gasteiger partial charge in [0.15, 0.2) is 5.71 Å². The van der Waals surface area contributed by atoms with Crippen LogP contribution in [0.5, 0.6) is 0 Å². The van der Waals surface area contributed by atoms with Gasteiger partial charge >= 0.3 is 5.97 Å². The van der Waals surface area contributed by atoms with E-state index in [2.05, 4.69) is 21.0 Å². The zero-order chi connectivity index (χ0) is 20.0. The van der Waals surface area contributed by atoms with Crippen LogP contribution in [0.15, 0.2) is 58.1 Å². The number of fused-ring (bicyclic) bond motifs is 1. The van der Waals surface area contributed by atoms with Crippen LogP contribution in [0, 0.1) is 12.8 Å². The molecule has 2 aliphatic rings. The van der Waals surface area contributed by atoms with Gasteiger partial charge in [-0.2, -0.15) is 5.10 Å². The fourth-order valence-electron chi connectivity index (χ4n) is 3.44. The SMILES string of the molecule is COC(=O)C1=NN(c2ccc(C)cc2)[C@H]2C(=O)N(c3ccc(Br)cc3)C(=O)[C@H]12. The van der Waals surface area contributed by atoms with Crippen molar-refractivity contribution in [3.63, 3.8) is 0 Å². The molecule has 2 atom stereocenters. The largest absolute Gasteiger partial charge is 0.464 e. The molecule has 1 saturated heterocycles. The Balaban J connectivity index is 1.79. The van der Waals surface area contributed by atoms with Crippen molar-refractivity contribution < 1.29 is 19.1 Å². The molecule has 2 aromatic rings. The molecule has 0 N–H and O–H groups in total. The van der Waals surface area contributed by atoms with Gasteiger partial charge in [0.25, 0.3) is 5.91 Å². The third kappa shape index (κ3) is 2.80. The van der Waals surface area contributed by atoms with Crippen molar-refractivity contribution in [3.8, 4) is 0 Å². The van der Waals surface area contributed by atoms with Crippen LogP contribution in [0.1, 0.15) is 5.56 Å². The zero-order valence-corrected chi connectivity index (χ0v) is 16.7. The van der Waals surface area contributed by atoms with E-state index in [4.69, 9.17) is 4.74 Å². The third-order valence-corrected chi connectivity index (χ3v) is 5.36. The average Bonchev–Trinajstić information content (AvgIpc) is 3.20. The van der Waals surface area contributed by atoms with E-state index in [0.717, 1.165) is 14.9 Å². The molecule has 0 saturated carbocycles. The minimum absolute atomic E-state index is 0.0639. The topological polar surface area (TPSA) is 79.3 Å². The van der Waals surface area contributed by atoms with Crippen LogP contribution >= 0.6 is 15.9 Å². The molecular formula is C20H16BrN3O4. The van der Waals surface area contributed by atoms with Crippen LogP contribution in [0.2, 0.25) is 0 Å². The molecule has 4 rings (SSSR count). The molecule has 0 unspecified atom stereocenters. The third-order valence-electron chi connectivity index (χ3n) is 4.83. The summed E-state index contributed by atoms with van der Waals surface area (Å²) in [4.78, 5) is 39.7. The van der Waals surface area contributed by atoms with Gasteiger partial charge in [-0.3, -0.25) is 14.6 Å². The summed E-state index contributed by atoms with van der Waals surface area (Å²) in [5.41, 5.74) is 2.05. The molecule has 0 radical (unpaired) electrons. The predicted molar refractivity (Wildman–Crippen MR) is 107 cm³/mol. The van der Waals surface area contributed by atoms with Crippen LogP contribution in [0.4, 0.5) is 11.4 Å². The first-order chi connectivity index (χ1) is 13.4. The lowest BCUT2D eigenvalue weighted by atomic mass is 9.97. The summed E-state index contributed by atoms with van der Waals surface area (Å²) in [5, 5.41) is 5.73. The summed E-state index contributed by atoms with van der Waals surface area (Å²) in [6, 6.07) is 13.3. The van der Waals surface area contributed by atoms with Gasteiger partial charge in [0.1, 0.15) is 12.0 Å². The number of ether oxygens (including phenoxy) is 1. The van der Waals surface area contributed by atoms with E-state index < -0.39 is 29.7 Å². The molecule has 2 aliphatic heterocycles. The van der Waals surface area contributed by atoms with Gasteiger partial charge in [0.2, 0.25) is 5.91 Å². The molecule has 2 heterocycles. The van der Waals surface area contributed by atoms with Gasteiger partial charge in [-0.15, -0.1) is 0 Å². The summed E-state index contributed by atoms with van der Waals surface area (Å²) in [5.74, 6) is -2.65. The number of amides is 2. The second kappa shape index (κ2) is 6.87. The van der Waals surface area contributed by atoms with Crippen molar-refractivity contribution in [2.75, 3.05) is 17.0 Å². The minimum atomic E-state index is -1.01. The van der Waals surface area contributed by atoms with E-state index in [-0.39, 0.29) is 5.71 Å². The molecule has 1 fully saturated rings. The molecular weight excluding hydrogens is 426 g/mol. The maximum Gasteiger partial charge on any atom is 0.355 e. The minimum Gasteiger partial charge on any atom is -0.464 e. The van der Waals surface area contributed by atoms with Crippen LogP contribution < -0.4 is 9.91 Å². The molecule has 2 aromatic carbocycles. The van der Waals surface area contributed by atoms with Gasteiger partial charge in [0, 0.05) is 4.47 Å². The number of imide groups is 1. The highest BCUT2D eigenvalue weighted by Crippen LogP contribution is 2.38. The van der Waals surface area contributed by atoms with E-state index in [9.17, 15) is 14.4 Å². The monoisotopic (exact) mass is 441 g/mol. The summed E-state index contributed by atoms with van der Waals surface area (Å²) < 4.78 is 5.63. The first kappa shape index (κ1) is 18.4. The Morgan fingerprint density at radius 3 is 2.21 bits per heavy atom. The lowest BCUT2D eigenvalue weighted by Crippen LogP contribution is -2.39. The van der Waals surface area contributed by atoms with Gasteiger partial charge in [0.05, 0.1) is 18.5 Å². The molecule has 0 aliphatic carbocycles. The fourth-order valence-corrected chi connectivity index (χ4v) is 3.71. The second-order valence-corrected chi connectivity index (χ2v) is 7.48. The Kier molecular flexibility index (Phi) is 4.50. The smallest absolute Gasteiger partial charge is 0.355 e. The number of hydrogen-bond donors (Lipinski definition) is 0. The van der Waals surface area contributed by atoms with E-state index in [1.807, 2.05) is 19.1 Å². The number of hydrazone groups is 1. The van der Waals surface area contributed by atoms with E-state index in [1.165, 1.54) is 12.1 Å². The number of methoxy groups -OCH3 is 1. The number of carbonyl (C=O) groups excluding carboxylic acids is 3. The zero-order valence-electron chi connectivity index (χ0n) is 15.1. The number of carbonyl (C=O) groups is 3. The predicted octanol–water partition coefficient (Wildman–Crippen LogP) is 2.66. The molecule has 0 aromatic heterocycles. The van der Waals surface area contributed by atoms with Gasteiger partial charge in [-0.05, 0) is 43.3 Å². The maximum absolute atomic E-state index is 13.2. The number of nitrogens with zero attached hydrogens (tertiary/aromatic N) is 3. The van der Waals surface area contributed by atoms with Gasteiger partial charge < -0.3 is 4.74 Å². The lowest BCUT2D eigenvalue weighted by Gasteiger charge is -2.22. The maximum atomic E-state index is 13.2. The van der Waals surface area contributed by atoms with Crippen LogP contribution in [0.25, 0.3) is 0 Å². The van der Waals surface area contributed by atoms with Gasteiger partial charge in [-0.25, -0.2) is 9.69 Å². The van der Waals surface area contributed by atoms with Crippen molar-refractivity contribution >= 4 is 50.8 Å². The molecule has 0 bridgehead atoms. The molecule has 7 nitrogen and oxygen atoms in total. The van der Waals surface area contributed by atoms with E-state index in [1.54, 1.807) is 36.4 Å². The highest BCUT2D eigenvalue weighted by Gasteiger charge is 2.59. The highest BCUT2D eigenvalue weighted by molar-refractivity contribution is 9.10. The first-order valence-corrected chi connectivity index (χ1v) is 9.38. The fraction of sp³-hybridized carbons (Fsp3) is 0.200. The summed E-state index contributed by atoms with van der Waals surface area (Å²) in [6.07, 6.45) is 0. The standard InChI is InChI=1S/C20H16BrN3O4/c1-11-3-7-14(8-4-11)24-17-15(16(22-24)20(27)28-2)18(25)23(19(17)26)13-9-5-12(21)6-10-13/h3-10,15,17H,1-2H3/t15-,17-/m1/s1. The van der Waals surface area contributed by atoms with E-state index >= 15 is 0 Å². The normalized spacial score (nSPS) is 21.0. The number of hydrogen-bond acceptors (Lipinski definition) is 6. The molecule has 142 valence electrons.